The monoisotopic (exact) mass is 871 g/mol. The van der Waals surface area contributed by atoms with Gasteiger partial charge in [-0.3, -0.25) is 4.57 Å². The fraction of sp³-hybridized carbons (Fsp3) is 0.348. The van der Waals surface area contributed by atoms with E-state index < -0.39 is 32.6 Å². The predicted octanol–water partition coefficient (Wildman–Crippen LogP) is 8.39. The summed E-state index contributed by atoms with van der Waals surface area (Å²) >= 11 is 0. The summed E-state index contributed by atoms with van der Waals surface area (Å²) < 4.78 is 43.1. The van der Waals surface area contributed by atoms with Gasteiger partial charge in [0.15, 0.2) is 11.2 Å². The molecular weight excluding hydrogens is 822 g/mol. The maximum Gasteiger partial charge on any atom is 0.280 e. The van der Waals surface area contributed by atoms with Crippen LogP contribution in [0.4, 0.5) is 0 Å². The Morgan fingerprint density at radius 1 is 0.841 bits per heavy atom. The largest absolute Gasteiger partial charge is 0.497 e. The Balaban J connectivity index is 1.18. The molecule has 0 aliphatic carbocycles. The van der Waals surface area contributed by atoms with Crippen molar-refractivity contribution < 1.29 is 32.8 Å². The Morgan fingerprint density at radius 3 is 2.14 bits per heavy atom. The molecule has 1 fully saturated rings. The van der Waals surface area contributed by atoms with E-state index in [2.05, 4.69) is 70.8 Å². The molecule has 1 saturated heterocycles. The van der Waals surface area contributed by atoms with Gasteiger partial charge in [0, 0.05) is 18.5 Å². The van der Waals surface area contributed by atoms with E-state index in [-0.39, 0.29) is 37.6 Å². The van der Waals surface area contributed by atoms with Crippen LogP contribution in [0, 0.1) is 11.3 Å². The van der Waals surface area contributed by atoms with Crippen molar-refractivity contribution in [2.45, 2.75) is 76.7 Å². The summed E-state index contributed by atoms with van der Waals surface area (Å²) in [6.45, 7) is 8.75. The number of hydrogen-bond acceptors (Lipinski definition) is 14. The summed E-state index contributed by atoms with van der Waals surface area (Å²) in [5, 5.41) is 17.8. The minimum atomic E-state index is -1.66. The number of ether oxygens (including phenoxy) is 4. The average Bonchev–Trinajstić information content (AvgIpc) is 4.04. The highest BCUT2D eigenvalue weighted by Crippen LogP contribution is 2.51. The molecule has 1 aliphatic rings. The number of rotatable bonds is 19. The van der Waals surface area contributed by atoms with E-state index in [1.54, 1.807) is 20.5 Å². The van der Waals surface area contributed by atoms with E-state index in [4.69, 9.17) is 37.8 Å². The lowest BCUT2D eigenvalue weighted by molar-refractivity contribution is -0.0912. The molecule has 326 valence electrons. The summed E-state index contributed by atoms with van der Waals surface area (Å²) in [6.07, 6.45) is 1.93. The highest BCUT2D eigenvalue weighted by Gasteiger charge is 2.45. The van der Waals surface area contributed by atoms with Crippen LogP contribution in [0.5, 0.6) is 17.4 Å². The van der Waals surface area contributed by atoms with Gasteiger partial charge in [0.1, 0.15) is 46.8 Å². The van der Waals surface area contributed by atoms with Crippen molar-refractivity contribution in [3.8, 4) is 23.4 Å². The highest BCUT2D eigenvalue weighted by atomic mass is 31.2. The first-order valence-electron chi connectivity index (χ1n) is 20.8. The summed E-state index contributed by atoms with van der Waals surface area (Å²) in [6, 6.07) is 35.8. The maximum atomic E-state index is 9.45. The molecule has 1 unspecified atom stereocenters. The van der Waals surface area contributed by atoms with Crippen molar-refractivity contribution in [1.29, 1.82) is 5.26 Å². The summed E-state index contributed by atoms with van der Waals surface area (Å²) in [5.41, 5.74) is 3.80. The standard InChI is InChI=1S/C46H50N9O7P/c1-31(2)54(32(3)4)63(59-26-12-25-47)62-40-27-42(53-30-50-43-44(53)48-29-49-45(43)61-55-39-16-11-10-15-38(39)51-52-55)60-41(40)28-58-46(33-13-8-7-9-14-33,34-17-21-36(56-5)22-18-34)35-19-23-37(57-6)24-20-35/h7-11,13-24,29-32,40-42H,12,26-28H2,1-6H3/t40-,41+,42+,63?/m0/s1. The molecule has 7 aromatic rings. The van der Waals surface area contributed by atoms with Crippen LogP contribution in [0.2, 0.25) is 0 Å². The quantitative estimate of drug-likeness (QED) is 0.0432. The number of methoxy groups -OCH3 is 2. The van der Waals surface area contributed by atoms with Crippen LogP contribution in [-0.2, 0) is 24.1 Å². The van der Waals surface area contributed by atoms with E-state index in [1.807, 2.05) is 95.6 Å². The third-order valence-corrected chi connectivity index (χ3v) is 13.0. The van der Waals surface area contributed by atoms with Gasteiger partial charge in [-0.1, -0.05) is 71.6 Å². The minimum absolute atomic E-state index is 0.0803. The predicted molar refractivity (Wildman–Crippen MR) is 236 cm³/mol. The number of imidazole rings is 1. The highest BCUT2D eigenvalue weighted by molar-refractivity contribution is 7.44. The SMILES string of the molecule is COc1ccc(C(OC[C@H]2O[C@@H](n3cnc4c(On5nnc6ccccc65)ncnc43)C[C@@H]2OP(OCCC#N)N(C(C)C)C(C)C)(c2ccccc2)c2ccc(OC)cc2)cc1. The van der Waals surface area contributed by atoms with Crippen molar-refractivity contribution in [1.82, 2.24) is 39.3 Å². The van der Waals surface area contributed by atoms with E-state index in [0.29, 0.717) is 28.6 Å². The number of nitrogens with zero attached hydrogens (tertiary/aromatic N) is 9. The first kappa shape index (κ1) is 43.6. The smallest absolute Gasteiger partial charge is 0.280 e. The third-order valence-electron chi connectivity index (χ3n) is 10.8. The van der Waals surface area contributed by atoms with Crippen molar-refractivity contribution in [3.63, 3.8) is 0 Å². The fourth-order valence-electron chi connectivity index (χ4n) is 7.93. The van der Waals surface area contributed by atoms with Crippen LogP contribution in [-0.4, -0.2) is 91.1 Å². The number of hydrogen-bond donors (Lipinski definition) is 0. The van der Waals surface area contributed by atoms with Gasteiger partial charge < -0.3 is 32.8 Å². The van der Waals surface area contributed by atoms with Crippen molar-refractivity contribution in [2.24, 2.45) is 0 Å². The van der Waals surface area contributed by atoms with Gasteiger partial charge in [-0.15, -0.1) is 5.10 Å². The molecule has 4 aromatic carbocycles. The maximum absolute atomic E-state index is 9.45. The van der Waals surface area contributed by atoms with Crippen molar-refractivity contribution in [2.75, 3.05) is 27.4 Å². The normalized spacial score (nSPS) is 17.2. The Kier molecular flexibility index (Phi) is 13.5. The first-order valence-corrected chi connectivity index (χ1v) is 21.9. The topological polar surface area (TPSA) is 166 Å². The van der Waals surface area contributed by atoms with E-state index >= 15 is 0 Å². The molecule has 0 bridgehead atoms. The van der Waals surface area contributed by atoms with Gasteiger partial charge in [0.2, 0.25) is 0 Å². The lowest BCUT2D eigenvalue weighted by Crippen LogP contribution is -2.39. The number of nitriles is 1. The van der Waals surface area contributed by atoms with Gasteiger partial charge in [0.05, 0.1) is 52.4 Å². The summed E-state index contributed by atoms with van der Waals surface area (Å²) in [5.74, 6) is 1.63. The zero-order valence-corrected chi connectivity index (χ0v) is 36.9. The van der Waals surface area contributed by atoms with Crippen LogP contribution in [0.3, 0.4) is 0 Å². The molecule has 0 saturated carbocycles. The van der Waals surface area contributed by atoms with Gasteiger partial charge >= 0.3 is 0 Å². The number of benzene rings is 4. The zero-order valence-electron chi connectivity index (χ0n) is 36.0. The lowest BCUT2D eigenvalue weighted by atomic mass is 9.80. The second-order valence-electron chi connectivity index (χ2n) is 15.4. The number of para-hydroxylation sites is 1. The second kappa shape index (κ2) is 19.6. The van der Waals surface area contributed by atoms with Crippen molar-refractivity contribution in [3.05, 3.63) is 132 Å². The molecule has 16 nitrogen and oxygen atoms in total. The fourth-order valence-corrected chi connectivity index (χ4v) is 9.69. The molecule has 1 aliphatic heterocycles. The zero-order chi connectivity index (χ0) is 43.9. The molecule has 4 heterocycles. The molecule has 17 heteroatoms. The first-order chi connectivity index (χ1) is 30.7. The van der Waals surface area contributed by atoms with Crippen molar-refractivity contribution >= 4 is 30.7 Å². The molecule has 3 aromatic heterocycles. The number of fused-ring (bicyclic) bond motifs is 2. The Hall–Kier alpha value is -6.05. The molecule has 63 heavy (non-hydrogen) atoms. The Bertz CT molecular complexity index is 2560. The van der Waals surface area contributed by atoms with Gasteiger partial charge in [-0.2, -0.15) is 10.2 Å². The average molecular weight is 872 g/mol. The molecule has 0 spiro atoms. The van der Waals surface area contributed by atoms with Gasteiger partial charge in [-0.25, -0.2) is 14.6 Å². The second-order valence-corrected chi connectivity index (χ2v) is 16.8. The van der Waals surface area contributed by atoms with Gasteiger partial charge in [-0.05, 0) is 86.0 Å². The van der Waals surface area contributed by atoms with Gasteiger partial charge in [0.25, 0.3) is 14.4 Å². The molecule has 0 radical (unpaired) electrons. The minimum Gasteiger partial charge on any atom is -0.497 e. The van der Waals surface area contributed by atoms with Crippen LogP contribution in [0.15, 0.2) is 116 Å². The van der Waals surface area contributed by atoms with Crippen LogP contribution in [0.1, 0.15) is 63.5 Å². The van der Waals surface area contributed by atoms with Crippen LogP contribution in [0.25, 0.3) is 22.2 Å². The van der Waals surface area contributed by atoms with E-state index in [9.17, 15) is 5.26 Å². The molecule has 0 N–H and O–H groups in total. The van der Waals surface area contributed by atoms with Crippen LogP contribution >= 0.6 is 8.53 Å². The summed E-state index contributed by atoms with van der Waals surface area (Å²) in [4.78, 5) is 21.2. The Morgan fingerprint density at radius 2 is 1.49 bits per heavy atom. The Labute approximate surface area is 367 Å². The molecule has 8 rings (SSSR count). The summed E-state index contributed by atoms with van der Waals surface area (Å²) in [7, 11) is 1.64. The van der Waals surface area contributed by atoms with E-state index in [0.717, 1.165) is 28.2 Å². The molecule has 4 atom stereocenters. The van der Waals surface area contributed by atoms with E-state index in [1.165, 1.54) is 11.2 Å². The third kappa shape index (κ3) is 9.08. The molecule has 0 amide bonds. The van der Waals surface area contributed by atoms with Crippen LogP contribution < -0.4 is 14.3 Å². The lowest BCUT2D eigenvalue weighted by Gasteiger charge is -2.39. The molecular formula is C46H50N9O7P. The number of aromatic nitrogens is 7.